The van der Waals surface area contributed by atoms with Gasteiger partial charge in [-0.2, -0.15) is 0 Å². The van der Waals surface area contributed by atoms with Gasteiger partial charge in [0.2, 0.25) is 0 Å². The fourth-order valence-corrected chi connectivity index (χ4v) is 1.67. The minimum absolute atomic E-state index is 0.833. The van der Waals surface area contributed by atoms with Crippen molar-refractivity contribution < 1.29 is 9.90 Å². The average Bonchev–Trinajstić information content (AvgIpc) is 2.64. The van der Waals surface area contributed by atoms with E-state index in [4.69, 9.17) is 9.90 Å². The lowest BCUT2D eigenvalue weighted by molar-refractivity contribution is -0.134. The monoisotopic (exact) mass is 351 g/mol. The van der Waals surface area contributed by atoms with E-state index in [9.17, 15) is 0 Å². The maximum absolute atomic E-state index is 9.00. The zero-order chi connectivity index (χ0) is 20.4. The highest BCUT2D eigenvalue weighted by Crippen LogP contribution is 2.19. The molecule has 0 aliphatic carbocycles. The molecule has 3 nitrogen and oxygen atoms in total. The van der Waals surface area contributed by atoms with Gasteiger partial charge in [-0.1, -0.05) is 94.8 Å². The van der Waals surface area contributed by atoms with Crippen LogP contribution in [0.15, 0.2) is 93.1 Å². The lowest BCUT2D eigenvalue weighted by atomic mass is 10.1. The van der Waals surface area contributed by atoms with E-state index in [1.54, 1.807) is 24.3 Å². The van der Waals surface area contributed by atoms with Crippen LogP contribution in [0.2, 0.25) is 0 Å². The lowest BCUT2D eigenvalue weighted by Crippen LogP contribution is -1.92. The quantitative estimate of drug-likeness (QED) is 0.589. The van der Waals surface area contributed by atoms with Crippen molar-refractivity contribution in [1.82, 2.24) is 4.98 Å². The third-order valence-corrected chi connectivity index (χ3v) is 2.57. The van der Waals surface area contributed by atoms with Gasteiger partial charge in [0, 0.05) is 12.5 Å². The number of aliphatic carboxylic acids is 1. The molecule has 0 aliphatic heterocycles. The summed E-state index contributed by atoms with van der Waals surface area (Å²) in [6.45, 7) is 20.0. The van der Waals surface area contributed by atoms with Crippen LogP contribution in [0.1, 0.15) is 32.2 Å². The summed E-state index contributed by atoms with van der Waals surface area (Å²) in [5.74, 6) is -0.833. The second-order valence-electron chi connectivity index (χ2n) is 4.44. The Kier molecular flexibility index (Phi) is 16.0. The molecule has 1 heterocycles. The molecule has 0 radical (unpaired) electrons. The van der Waals surface area contributed by atoms with Crippen molar-refractivity contribution in [3.05, 3.63) is 105 Å². The summed E-state index contributed by atoms with van der Waals surface area (Å²) in [7, 11) is 0. The van der Waals surface area contributed by atoms with Crippen molar-refractivity contribution in [3.63, 3.8) is 0 Å². The van der Waals surface area contributed by atoms with Crippen molar-refractivity contribution in [2.75, 3.05) is 0 Å². The number of allylic oxidation sites excluding steroid dienone is 10. The van der Waals surface area contributed by atoms with Crippen LogP contribution < -0.4 is 0 Å². The zero-order valence-electron chi connectivity index (χ0n) is 16.0. The van der Waals surface area contributed by atoms with E-state index < -0.39 is 5.97 Å². The van der Waals surface area contributed by atoms with Gasteiger partial charge < -0.3 is 5.11 Å². The zero-order valence-corrected chi connectivity index (χ0v) is 16.0. The summed E-state index contributed by atoms with van der Waals surface area (Å²) in [5, 5.41) is 7.42. The molecule has 0 amide bonds. The molecule has 1 N–H and O–H groups in total. The molecule has 0 spiro atoms. The fourth-order valence-electron chi connectivity index (χ4n) is 1.67. The SMILES string of the molecule is C=C/C=C\C(=C/C=C)c1cccc(/C(C=C)=C/C=C)n1.CC.CC(=O)O. The summed E-state index contributed by atoms with van der Waals surface area (Å²) in [6, 6.07) is 5.88. The molecular weight excluding hydrogens is 322 g/mol. The molecule has 0 aromatic carbocycles. The predicted octanol–water partition coefficient (Wildman–Crippen LogP) is 6.27. The molecule has 0 bridgehead atoms. The number of nitrogens with zero attached hydrogens (tertiary/aromatic N) is 1. The Hall–Kier alpha value is -3.20. The van der Waals surface area contributed by atoms with E-state index in [0.717, 1.165) is 29.5 Å². The van der Waals surface area contributed by atoms with E-state index in [2.05, 4.69) is 31.3 Å². The topological polar surface area (TPSA) is 50.2 Å². The molecular formula is C23H29NO2. The van der Waals surface area contributed by atoms with Crippen molar-refractivity contribution >= 4 is 17.1 Å². The smallest absolute Gasteiger partial charge is 0.300 e. The van der Waals surface area contributed by atoms with Crippen LogP contribution in [-0.4, -0.2) is 16.1 Å². The van der Waals surface area contributed by atoms with E-state index in [1.165, 1.54) is 0 Å². The van der Waals surface area contributed by atoms with E-state index in [0.29, 0.717) is 0 Å². The highest BCUT2D eigenvalue weighted by atomic mass is 16.4. The standard InChI is InChI=1S/C19H19N.C2H4O2.C2H6/c1-5-9-13-17(12-7-3)19-15-10-14-18(20-19)16(8-4)11-6-2;1-2(3)4;1-2/h5-15H,1-4H2;1H3,(H,3,4);1-2H3/b13-9-,16-11+,17-12+;;. The maximum atomic E-state index is 9.00. The van der Waals surface area contributed by atoms with Gasteiger partial charge in [0.15, 0.2) is 0 Å². The van der Waals surface area contributed by atoms with Gasteiger partial charge in [-0.05, 0) is 17.7 Å². The molecule has 3 heteroatoms. The van der Waals surface area contributed by atoms with E-state index in [-0.39, 0.29) is 0 Å². The second kappa shape index (κ2) is 16.7. The number of pyridine rings is 1. The van der Waals surface area contributed by atoms with Crippen LogP contribution in [0.5, 0.6) is 0 Å². The van der Waals surface area contributed by atoms with Crippen LogP contribution in [0.3, 0.4) is 0 Å². The van der Waals surface area contributed by atoms with Gasteiger partial charge in [-0.3, -0.25) is 4.79 Å². The largest absolute Gasteiger partial charge is 0.481 e. The van der Waals surface area contributed by atoms with Gasteiger partial charge in [0.05, 0.1) is 11.4 Å². The number of hydrogen-bond acceptors (Lipinski definition) is 2. The van der Waals surface area contributed by atoms with Crippen LogP contribution in [-0.2, 0) is 4.79 Å². The van der Waals surface area contributed by atoms with Crippen LogP contribution in [0.4, 0.5) is 0 Å². The predicted molar refractivity (Wildman–Crippen MR) is 115 cm³/mol. The molecule has 0 aliphatic rings. The first-order chi connectivity index (χ1) is 12.5. The Morgan fingerprint density at radius 1 is 0.962 bits per heavy atom. The van der Waals surface area contributed by atoms with E-state index >= 15 is 0 Å². The normalized spacial score (nSPS) is 10.6. The van der Waals surface area contributed by atoms with Crippen LogP contribution in [0.25, 0.3) is 11.1 Å². The van der Waals surface area contributed by atoms with Crippen LogP contribution in [0, 0.1) is 0 Å². The third-order valence-electron chi connectivity index (χ3n) is 2.57. The van der Waals surface area contributed by atoms with Gasteiger partial charge in [-0.15, -0.1) is 0 Å². The van der Waals surface area contributed by atoms with Crippen molar-refractivity contribution in [1.29, 1.82) is 0 Å². The molecule has 1 aromatic rings. The summed E-state index contributed by atoms with van der Waals surface area (Å²) in [5.41, 5.74) is 3.65. The van der Waals surface area contributed by atoms with Crippen LogP contribution >= 0.6 is 0 Å². The Balaban J connectivity index is 0. The van der Waals surface area contributed by atoms with Gasteiger partial charge in [0.25, 0.3) is 5.97 Å². The van der Waals surface area contributed by atoms with Gasteiger partial charge in [0.1, 0.15) is 0 Å². The number of aromatic nitrogens is 1. The Labute approximate surface area is 157 Å². The molecule has 0 unspecified atom stereocenters. The average molecular weight is 351 g/mol. The first kappa shape index (κ1) is 25.0. The number of carbonyl (C=O) groups is 1. The lowest BCUT2D eigenvalue weighted by Gasteiger charge is -2.05. The summed E-state index contributed by atoms with van der Waals surface area (Å²) in [4.78, 5) is 13.6. The Morgan fingerprint density at radius 2 is 1.42 bits per heavy atom. The molecule has 0 saturated heterocycles. The van der Waals surface area contributed by atoms with Gasteiger partial charge in [-0.25, -0.2) is 4.98 Å². The molecule has 0 atom stereocenters. The number of carboxylic acids is 1. The first-order valence-corrected chi connectivity index (χ1v) is 8.24. The Morgan fingerprint density at radius 3 is 1.85 bits per heavy atom. The minimum atomic E-state index is -0.833. The molecule has 0 saturated carbocycles. The second-order valence-corrected chi connectivity index (χ2v) is 4.44. The summed E-state index contributed by atoms with van der Waals surface area (Å²) in [6.07, 6.45) is 14.6. The van der Waals surface area contributed by atoms with E-state index in [1.807, 2.05) is 56.4 Å². The summed E-state index contributed by atoms with van der Waals surface area (Å²) >= 11 is 0. The minimum Gasteiger partial charge on any atom is -0.481 e. The van der Waals surface area contributed by atoms with Crippen molar-refractivity contribution in [2.45, 2.75) is 20.8 Å². The molecule has 1 aromatic heterocycles. The highest BCUT2D eigenvalue weighted by Gasteiger charge is 2.03. The number of hydrogen-bond donors (Lipinski definition) is 1. The Bertz CT molecular complexity index is 688. The summed E-state index contributed by atoms with van der Waals surface area (Å²) < 4.78 is 0. The molecule has 138 valence electrons. The molecule has 26 heavy (non-hydrogen) atoms. The first-order valence-electron chi connectivity index (χ1n) is 8.24. The highest BCUT2D eigenvalue weighted by molar-refractivity contribution is 5.77. The number of carboxylic acid groups (broad SMARTS) is 1. The molecule has 0 fully saturated rings. The van der Waals surface area contributed by atoms with Gasteiger partial charge >= 0.3 is 0 Å². The maximum Gasteiger partial charge on any atom is 0.300 e. The van der Waals surface area contributed by atoms with Crippen molar-refractivity contribution in [2.24, 2.45) is 0 Å². The fraction of sp³-hybridized carbons (Fsp3) is 0.130. The number of rotatable bonds is 7. The van der Waals surface area contributed by atoms with Crippen molar-refractivity contribution in [3.8, 4) is 0 Å². The third kappa shape index (κ3) is 11.4. The molecule has 1 rings (SSSR count).